The quantitative estimate of drug-likeness (QED) is 0.565. The van der Waals surface area contributed by atoms with E-state index >= 15 is 0 Å². The molecule has 98 valence electrons. The molecule has 0 aliphatic carbocycles. The molecule has 1 saturated heterocycles. The van der Waals surface area contributed by atoms with E-state index in [1.165, 1.54) is 12.8 Å². The molecule has 1 aliphatic heterocycles. The van der Waals surface area contributed by atoms with Gasteiger partial charge in [-0.2, -0.15) is 0 Å². The zero-order valence-electron chi connectivity index (χ0n) is 10.2. The summed E-state index contributed by atoms with van der Waals surface area (Å²) < 4.78 is 1.01. The Morgan fingerprint density at radius 2 is 2.11 bits per heavy atom. The Labute approximate surface area is 127 Å². The van der Waals surface area contributed by atoms with Gasteiger partial charge in [0.05, 0.1) is 5.56 Å². The number of hydrogen-bond acceptors (Lipinski definition) is 1. The van der Waals surface area contributed by atoms with Crippen molar-refractivity contribution in [2.24, 2.45) is 0 Å². The van der Waals surface area contributed by atoms with E-state index in [0.717, 1.165) is 28.5 Å². The predicted molar refractivity (Wildman–Crippen MR) is 83.2 cm³/mol. The summed E-state index contributed by atoms with van der Waals surface area (Å²) in [5.74, 6) is 0.669. The van der Waals surface area contributed by atoms with Crippen molar-refractivity contribution in [1.29, 1.82) is 0 Å². The van der Waals surface area contributed by atoms with Crippen LogP contribution in [-0.4, -0.2) is 29.3 Å². The lowest BCUT2D eigenvalue weighted by Gasteiger charge is -2.29. The van der Waals surface area contributed by atoms with Crippen LogP contribution < -0.4 is 0 Å². The van der Waals surface area contributed by atoms with Gasteiger partial charge < -0.3 is 4.90 Å². The first-order valence-corrected chi connectivity index (χ1v) is 7.97. The van der Waals surface area contributed by atoms with E-state index in [2.05, 4.69) is 22.6 Å². The number of rotatable bonds is 2. The van der Waals surface area contributed by atoms with Crippen LogP contribution >= 0.6 is 34.2 Å². The summed E-state index contributed by atoms with van der Waals surface area (Å²) in [5.41, 5.74) is 0.801. The Morgan fingerprint density at radius 3 is 2.83 bits per heavy atom. The normalized spacial score (nSPS) is 20.6. The van der Waals surface area contributed by atoms with E-state index in [9.17, 15) is 4.79 Å². The topological polar surface area (TPSA) is 20.3 Å². The van der Waals surface area contributed by atoms with Gasteiger partial charge in [0.2, 0.25) is 0 Å². The minimum Gasteiger partial charge on any atom is -0.334 e. The monoisotopic (exact) mass is 377 g/mol. The maximum atomic E-state index is 12.6. The lowest BCUT2D eigenvalue weighted by atomic mass is 10.1. The van der Waals surface area contributed by atoms with Gasteiger partial charge in [-0.05, 0) is 47.6 Å². The SMILES string of the molecule is O=C(c1ccccc1I)N1CCCCCC1CCl. The zero-order chi connectivity index (χ0) is 13.0. The molecule has 1 heterocycles. The molecule has 1 unspecified atom stereocenters. The van der Waals surface area contributed by atoms with Crippen molar-refractivity contribution >= 4 is 40.1 Å². The first kappa shape index (κ1) is 14.1. The molecule has 2 rings (SSSR count). The Morgan fingerprint density at radius 1 is 1.33 bits per heavy atom. The number of amides is 1. The standard InChI is InChI=1S/C14H17ClINO/c15-10-11-6-2-1-5-9-17(11)14(18)12-7-3-4-8-13(12)16/h3-4,7-8,11H,1-2,5-6,9-10H2. The molecule has 1 amide bonds. The Bertz CT molecular complexity index is 424. The number of nitrogens with zero attached hydrogens (tertiary/aromatic N) is 1. The van der Waals surface area contributed by atoms with Gasteiger partial charge in [0.15, 0.2) is 0 Å². The summed E-state index contributed by atoms with van der Waals surface area (Å²) in [6.07, 6.45) is 4.48. The first-order chi connectivity index (χ1) is 8.74. The van der Waals surface area contributed by atoms with Crippen molar-refractivity contribution in [3.63, 3.8) is 0 Å². The Balaban J connectivity index is 2.23. The molecule has 0 radical (unpaired) electrons. The van der Waals surface area contributed by atoms with Gasteiger partial charge >= 0.3 is 0 Å². The maximum Gasteiger partial charge on any atom is 0.255 e. The minimum absolute atomic E-state index is 0.132. The van der Waals surface area contributed by atoms with E-state index < -0.39 is 0 Å². The largest absolute Gasteiger partial charge is 0.334 e. The van der Waals surface area contributed by atoms with Gasteiger partial charge in [0.1, 0.15) is 0 Å². The molecular weight excluding hydrogens is 361 g/mol. The van der Waals surface area contributed by atoms with E-state index in [0.29, 0.717) is 5.88 Å². The van der Waals surface area contributed by atoms with Crippen molar-refractivity contribution in [2.45, 2.75) is 31.7 Å². The smallest absolute Gasteiger partial charge is 0.255 e. The Hall–Kier alpha value is -0.290. The number of carbonyl (C=O) groups excluding carboxylic acids is 1. The van der Waals surface area contributed by atoms with Crippen molar-refractivity contribution in [3.05, 3.63) is 33.4 Å². The van der Waals surface area contributed by atoms with E-state index in [1.807, 2.05) is 29.2 Å². The third-order valence-electron chi connectivity index (χ3n) is 3.42. The lowest BCUT2D eigenvalue weighted by molar-refractivity contribution is 0.0699. The summed E-state index contributed by atoms with van der Waals surface area (Å²) in [4.78, 5) is 14.6. The van der Waals surface area contributed by atoms with Crippen LogP contribution in [0.2, 0.25) is 0 Å². The first-order valence-electron chi connectivity index (χ1n) is 6.35. The second-order valence-electron chi connectivity index (χ2n) is 4.64. The molecule has 0 aromatic heterocycles. The lowest BCUT2D eigenvalue weighted by Crippen LogP contribution is -2.41. The summed E-state index contributed by atoms with van der Waals surface area (Å²) in [7, 11) is 0. The van der Waals surface area contributed by atoms with Gasteiger partial charge in [0, 0.05) is 22.0 Å². The number of hydrogen-bond donors (Lipinski definition) is 0. The summed E-state index contributed by atoms with van der Waals surface area (Å²) >= 11 is 8.24. The van der Waals surface area contributed by atoms with Crippen LogP contribution in [0.4, 0.5) is 0 Å². The van der Waals surface area contributed by atoms with Crippen LogP contribution in [0.1, 0.15) is 36.0 Å². The molecule has 0 N–H and O–H groups in total. The highest BCUT2D eigenvalue weighted by molar-refractivity contribution is 14.1. The highest BCUT2D eigenvalue weighted by atomic mass is 127. The van der Waals surface area contributed by atoms with Crippen molar-refractivity contribution in [1.82, 2.24) is 4.90 Å². The third-order valence-corrected chi connectivity index (χ3v) is 4.72. The average Bonchev–Trinajstić information content (AvgIpc) is 2.63. The molecule has 1 aromatic rings. The number of carbonyl (C=O) groups is 1. The second-order valence-corrected chi connectivity index (χ2v) is 6.11. The highest BCUT2D eigenvalue weighted by Gasteiger charge is 2.26. The molecule has 18 heavy (non-hydrogen) atoms. The van der Waals surface area contributed by atoms with Crippen LogP contribution in [0.15, 0.2) is 24.3 Å². The van der Waals surface area contributed by atoms with Crippen molar-refractivity contribution < 1.29 is 4.79 Å². The second kappa shape index (κ2) is 6.75. The van der Waals surface area contributed by atoms with Crippen LogP contribution in [0.5, 0.6) is 0 Å². The fourth-order valence-corrected chi connectivity index (χ4v) is 3.33. The van der Waals surface area contributed by atoms with Crippen molar-refractivity contribution in [2.75, 3.05) is 12.4 Å². The third kappa shape index (κ3) is 3.18. The molecule has 4 heteroatoms. The van der Waals surface area contributed by atoms with Gasteiger partial charge in [-0.15, -0.1) is 11.6 Å². The van der Waals surface area contributed by atoms with Crippen LogP contribution in [0.3, 0.4) is 0 Å². The van der Waals surface area contributed by atoms with E-state index in [1.54, 1.807) is 0 Å². The average molecular weight is 378 g/mol. The predicted octanol–water partition coefficient (Wildman–Crippen LogP) is 3.91. The van der Waals surface area contributed by atoms with Crippen LogP contribution in [-0.2, 0) is 0 Å². The zero-order valence-corrected chi connectivity index (χ0v) is 13.2. The molecule has 0 bridgehead atoms. The van der Waals surface area contributed by atoms with E-state index in [-0.39, 0.29) is 11.9 Å². The maximum absolute atomic E-state index is 12.6. The van der Waals surface area contributed by atoms with E-state index in [4.69, 9.17) is 11.6 Å². The fourth-order valence-electron chi connectivity index (χ4n) is 2.39. The van der Waals surface area contributed by atoms with Gasteiger partial charge in [0.25, 0.3) is 5.91 Å². The molecule has 1 fully saturated rings. The molecule has 0 saturated carbocycles. The van der Waals surface area contributed by atoms with Gasteiger partial charge in [-0.3, -0.25) is 4.79 Å². The van der Waals surface area contributed by atoms with Gasteiger partial charge in [-0.1, -0.05) is 25.0 Å². The highest BCUT2D eigenvalue weighted by Crippen LogP contribution is 2.22. The fraction of sp³-hybridized carbons (Fsp3) is 0.500. The molecule has 1 aliphatic rings. The van der Waals surface area contributed by atoms with Gasteiger partial charge in [-0.25, -0.2) is 0 Å². The number of likely N-dealkylation sites (tertiary alicyclic amines) is 1. The molecular formula is C14H17ClINO. The Kier molecular flexibility index (Phi) is 5.30. The number of halogens is 2. The number of alkyl halides is 1. The molecule has 2 nitrogen and oxygen atoms in total. The summed E-state index contributed by atoms with van der Waals surface area (Å²) in [6, 6.07) is 7.95. The molecule has 0 spiro atoms. The van der Waals surface area contributed by atoms with Crippen LogP contribution in [0.25, 0.3) is 0 Å². The number of benzene rings is 1. The molecule has 1 aromatic carbocycles. The minimum atomic E-state index is 0.132. The molecule has 1 atom stereocenters. The van der Waals surface area contributed by atoms with Crippen molar-refractivity contribution in [3.8, 4) is 0 Å². The summed E-state index contributed by atoms with van der Waals surface area (Å²) in [6.45, 7) is 0.835. The summed E-state index contributed by atoms with van der Waals surface area (Å²) in [5, 5.41) is 0. The van der Waals surface area contributed by atoms with Crippen LogP contribution in [0, 0.1) is 3.57 Å².